The van der Waals surface area contributed by atoms with Crippen LogP contribution in [-0.4, -0.2) is 10.3 Å². The summed E-state index contributed by atoms with van der Waals surface area (Å²) < 4.78 is 4.72. The molecule has 3 aromatic rings. The van der Waals surface area contributed by atoms with Crippen LogP contribution in [0.15, 0.2) is 59.2 Å². The minimum absolute atomic E-state index is 0.612. The van der Waals surface area contributed by atoms with E-state index in [0.29, 0.717) is 6.54 Å². The van der Waals surface area contributed by atoms with Gasteiger partial charge in [-0.2, -0.15) is 0 Å². The molecule has 1 aromatic heterocycles. The topological polar surface area (TPSA) is 51.0 Å². The molecule has 4 nitrogen and oxygen atoms in total. The lowest BCUT2D eigenvalue weighted by Gasteiger charge is -2.11. The predicted molar refractivity (Wildman–Crippen MR) is 82.1 cm³/mol. The molecule has 0 radical (unpaired) electrons. The smallest absolute Gasteiger partial charge is 0.127 e. The molecule has 0 aliphatic rings. The Balaban J connectivity index is 1.75. The van der Waals surface area contributed by atoms with Crippen LogP contribution in [0.5, 0.6) is 0 Å². The molecule has 1 N–H and O–H groups in total. The maximum absolute atomic E-state index is 4.72. The SMILES string of the molecule is Cc1nonc1CNc1ccccc1Cc1ccccc1. The highest BCUT2D eigenvalue weighted by Gasteiger charge is 2.07. The monoisotopic (exact) mass is 279 g/mol. The van der Waals surface area contributed by atoms with Crippen LogP contribution >= 0.6 is 0 Å². The van der Waals surface area contributed by atoms with Gasteiger partial charge in [0.15, 0.2) is 0 Å². The summed E-state index contributed by atoms with van der Waals surface area (Å²) in [5.74, 6) is 0. The van der Waals surface area contributed by atoms with Crippen molar-refractivity contribution in [3.63, 3.8) is 0 Å². The molecule has 0 aliphatic carbocycles. The van der Waals surface area contributed by atoms with Crippen molar-refractivity contribution in [2.75, 3.05) is 5.32 Å². The highest BCUT2D eigenvalue weighted by molar-refractivity contribution is 5.53. The Bertz CT molecular complexity index is 707. The quantitative estimate of drug-likeness (QED) is 0.775. The summed E-state index contributed by atoms with van der Waals surface area (Å²) in [6, 6.07) is 18.8. The van der Waals surface area contributed by atoms with Crippen molar-refractivity contribution in [1.82, 2.24) is 10.3 Å². The number of hydrogen-bond acceptors (Lipinski definition) is 4. The molecule has 4 heteroatoms. The lowest BCUT2D eigenvalue weighted by Crippen LogP contribution is -2.04. The Hall–Kier alpha value is -2.62. The van der Waals surface area contributed by atoms with Gasteiger partial charge in [0, 0.05) is 5.69 Å². The van der Waals surface area contributed by atoms with Crippen LogP contribution in [0, 0.1) is 6.92 Å². The highest BCUT2D eigenvalue weighted by atomic mass is 16.6. The molecule has 0 atom stereocenters. The first kappa shape index (κ1) is 13.4. The summed E-state index contributed by atoms with van der Waals surface area (Å²) in [4.78, 5) is 0. The Labute approximate surface area is 123 Å². The average molecular weight is 279 g/mol. The van der Waals surface area contributed by atoms with E-state index in [1.165, 1.54) is 11.1 Å². The van der Waals surface area contributed by atoms with Gasteiger partial charge in [-0.1, -0.05) is 58.8 Å². The van der Waals surface area contributed by atoms with Gasteiger partial charge in [-0.3, -0.25) is 0 Å². The standard InChI is InChI=1S/C17H17N3O/c1-13-17(20-21-19-13)12-18-16-10-6-5-9-15(16)11-14-7-3-2-4-8-14/h2-10,18H,11-12H2,1H3. The number of aromatic nitrogens is 2. The van der Waals surface area contributed by atoms with E-state index in [2.05, 4.69) is 58.1 Å². The van der Waals surface area contributed by atoms with E-state index in [9.17, 15) is 0 Å². The number of hydrogen-bond donors (Lipinski definition) is 1. The van der Waals surface area contributed by atoms with Gasteiger partial charge in [0.1, 0.15) is 11.4 Å². The molecule has 106 valence electrons. The molecule has 0 bridgehead atoms. The fourth-order valence-electron chi connectivity index (χ4n) is 2.25. The van der Waals surface area contributed by atoms with Crippen molar-refractivity contribution in [2.45, 2.75) is 19.9 Å². The number of nitrogens with zero attached hydrogens (tertiary/aromatic N) is 2. The molecular weight excluding hydrogens is 262 g/mol. The van der Waals surface area contributed by atoms with Crippen LogP contribution in [0.4, 0.5) is 5.69 Å². The number of anilines is 1. The Morgan fingerprint density at radius 3 is 2.48 bits per heavy atom. The maximum Gasteiger partial charge on any atom is 0.127 e. The number of nitrogens with one attached hydrogen (secondary N) is 1. The van der Waals surface area contributed by atoms with E-state index in [0.717, 1.165) is 23.5 Å². The Morgan fingerprint density at radius 1 is 0.952 bits per heavy atom. The second-order valence-electron chi connectivity index (χ2n) is 4.97. The molecule has 0 saturated carbocycles. The van der Waals surface area contributed by atoms with Crippen molar-refractivity contribution in [3.05, 3.63) is 77.1 Å². The minimum atomic E-state index is 0.612. The summed E-state index contributed by atoms with van der Waals surface area (Å²) in [6.45, 7) is 2.50. The van der Waals surface area contributed by atoms with Gasteiger partial charge in [0.05, 0.1) is 6.54 Å². The molecule has 3 rings (SSSR count). The molecule has 0 spiro atoms. The first-order valence-electron chi connectivity index (χ1n) is 6.96. The molecule has 1 heterocycles. The third-order valence-corrected chi connectivity index (χ3v) is 3.45. The van der Waals surface area contributed by atoms with Crippen molar-refractivity contribution < 1.29 is 4.63 Å². The van der Waals surface area contributed by atoms with Gasteiger partial charge in [0.25, 0.3) is 0 Å². The van der Waals surface area contributed by atoms with E-state index in [1.54, 1.807) is 0 Å². The third-order valence-electron chi connectivity index (χ3n) is 3.45. The summed E-state index contributed by atoms with van der Waals surface area (Å²) in [6.07, 6.45) is 0.903. The molecule has 0 amide bonds. The average Bonchev–Trinajstić information content (AvgIpc) is 2.93. The normalized spacial score (nSPS) is 10.5. The van der Waals surface area contributed by atoms with Gasteiger partial charge >= 0.3 is 0 Å². The molecule has 2 aromatic carbocycles. The van der Waals surface area contributed by atoms with Gasteiger partial charge in [-0.15, -0.1) is 0 Å². The maximum atomic E-state index is 4.72. The highest BCUT2D eigenvalue weighted by Crippen LogP contribution is 2.20. The lowest BCUT2D eigenvalue weighted by molar-refractivity contribution is 0.301. The molecule has 0 fully saturated rings. The van der Waals surface area contributed by atoms with E-state index >= 15 is 0 Å². The summed E-state index contributed by atoms with van der Waals surface area (Å²) in [7, 11) is 0. The molecule has 0 unspecified atom stereocenters. The predicted octanol–water partition coefficient (Wildman–Crippen LogP) is 3.58. The molecule has 0 aliphatic heterocycles. The second kappa shape index (κ2) is 6.22. The van der Waals surface area contributed by atoms with Crippen molar-refractivity contribution >= 4 is 5.69 Å². The fourth-order valence-corrected chi connectivity index (χ4v) is 2.25. The zero-order valence-electron chi connectivity index (χ0n) is 11.9. The summed E-state index contributed by atoms with van der Waals surface area (Å²) in [5.41, 5.74) is 5.33. The zero-order chi connectivity index (χ0) is 14.5. The largest absolute Gasteiger partial charge is 0.379 e. The molecule has 0 saturated heterocycles. The third kappa shape index (κ3) is 3.28. The fraction of sp³-hybridized carbons (Fsp3) is 0.176. The van der Waals surface area contributed by atoms with Gasteiger partial charge in [0.2, 0.25) is 0 Å². The van der Waals surface area contributed by atoms with Crippen molar-refractivity contribution in [3.8, 4) is 0 Å². The first-order valence-corrected chi connectivity index (χ1v) is 6.96. The molecule has 21 heavy (non-hydrogen) atoms. The van der Waals surface area contributed by atoms with Gasteiger partial charge < -0.3 is 5.32 Å². The number of para-hydroxylation sites is 1. The van der Waals surface area contributed by atoms with Crippen LogP contribution in [0.2, 0.25) is 0 Å². The molecular formula is C17H17N3O. The number of rotatable bonds is 5. The van der Waals surface area contributed by atoms with Crippen molar-refractivity contribution in [2.24, 2.45) is 0 Å². The summed E-state index contributed by atoms with van der Waals surface area (Å²) >= 11 is 0. The van der Waals surface area contributed by atoms with Crippen molar-refractivity contribution in [1.29, 1.82) is 0 Å². The minimum Gasteiger partial charge on any atom is -0.379 e. The van der Waals surface area contributed by atoms with E-state index < -0.39 is 0 Å². The van der Waals surface area contributed by atoms with Crippen LogP contribution in [0.25, 0.3) is 0 Å². The number of benzene rings is 2. The van der Waals surface area contributed by atoms with Crippen LogP contribution in [-0.2, 0) is 13.0 Å². The van der Waals surface area contributed by atoms with E-state index in [4.69, 9.17) is 4.63 Å². The van der Waals surface area contributed by atoms with E-state index in [-0.39, 0.29) is 0 Å². The number of aryl methyl sites for hydroxylation is 1. The van der Waals surface area contributed by atoms with E-state index in [1.807, 2.05) is 19.1 Å². The van der Waals surface area contributed by atoms with Crippen LogP contribution < -0.4 is 5.32 Å². The van der Waals surface area contributed by atoms with Gasteiger partial charge in [-0.25, -0.2) is 4.63 Å². The Morgan fingerprint density at radius 2 is 1.71 bits per heavy atom. The van der Waals surface area contributed by atoms with Gasteiger partial charge in [-0.05, 0) is 30.5 Å². The summed E-state index contributed by atoms with van der Waals surface area (Å²) in [5, 5.41) is 11.1. The second-order valence-corrected chi connectivity index (χ2v) is 4.97. The zero-order valence-corrected chi connectivity index (χ0v) is 11.9. The lowest BCUT2D eigenvalue weighted by atomic mass is 10.0. The first-order chi connectivity index (χ1) is 10.3. The Kier molecular flexibility index (Phi) is 3.96. The van der Waals surface area contributed by atoms with Crippen LogP contribution in [0.3, 0.4) is 0 Å². The van der Waals surface area contributed by atoms with Crippen LogP contribution in [0.1, 0.15) is 22.5 Å².